The van der Waals surface area contributed by atoms with Crippen molar-refractivity contribution >= 4 is 23.2 Å². The Morgan fingerprint density at radius 2 is 2.16 bits per heavy atom. The van der Waals surface area contributed by atoms with Gasteiger partial charge >= 0.3 is 0 Å². The molecule has 2 rings (SSSR count). The Morgan fingerprint density at radius 3 is 2.74 bits per heavy atom. The average Bonchev–Trinajstić information content (AvgIpc) is 2.89. The van der Waals surface area contributed by atoms with Crippen molar-refractivity contribution in [3.05, 3.63) is 52.5 Å². The molecule has 0 aliphatic heterocycles. The summed E-state index contributed by atoms with van der Waals surface area (Å²) in [5.41, 5.74) is 7.20. The van der Waals surface area contributed by atoms with Crippen LogP contribution in [0.2, 0.25) is 10.0 Å². The molecule has 0 aliphatic rings. The van der Waals surface area contributed by atoms with E-state index < -0.39 is 0 Å². The van der Waals surface area contributed by atoms with E-state index in [2.05, 4.69) is 16.5 Å². The number of imidazole rings is 1. The molecule has 19 heavy (non-hydrogen) atoms. The molecule has 0 saturated heterocycles. The van der Waals surface area contributed by atoms with Crippen molar-refractivity contribution in [2.75, 3.05) is 0 Å². The SMILES string of the molecule is CCC(CC(N)c1ccc(Cl)cc1Cl)n1ccnc1. The van der Waals surface area contributed by atoms with Gasteiger partial charge in [0.05, 0.1) is 6.33 Å². The molecule has 1 heterocycles. The highest BCUT2D eigenvalue weighted by molar-refractivity contribution is 6.35. The number of nitrogens with two attached hydrogens (primary N) is 1. The highest BCUT2D eigenvalue weighted by atomic mass is 35.5. The summed E-state index contributed by atoms with van der Waals surface area (Å²) in [5.74, 6) is 0. The molecule has 2 N–H and O–H groups in total. The summed E-state index contributed by atoms with van der Waals surface area (Å²) in [7, 11) is 0. The van der Waals surface area contributed by atoms with E-state index in [9.17, 15) is 0 Å². The van der Waals surface area contributed by atoms with Crippen molar-refractivity contribution in [1.29, 1.82) is 0 Å². The lowest BCUT2D eigenvalue weighted by molar-refractivity contribution is 0.414. The van der Waals surface area contributed by atoms with Crippen molar-refractivity contribution < 1.29 is 0 Å². The summed E-state index contributed by atoms with van der Waals surface area (Å²) >= 11 is 12.1. The van der Waals surface area contributed by atoms with Gasteiger partial charge in [-0.1, -0.05) is 36.2 Å². The summed E-state index contributed by atoms with van der Waals surface area (Å²) in [6.45, 7) is 2.14. The molecule has 0 spiro atoms. The molecule has 0 radical (unpaired) electrons. The van der Waals surface area contributed by atoms with Gasteiger partial charge in [0, 0.05) is 34.5 Å². The number of nitrogens with zero attached hydrogens (tertiary/aromatic N) is 2. The molecule has 0 fully saturated rings. The monoisotopic (exact) mass is 297 g/mol. The Morgan fingerprint density at radius 1 is 1.37 bits per heavy atom. The second-order valence-electron chi connectivity index (χ2n) is 4.58. The summed E-state index contributed by atoms with van der Waals surface area (Å²) in [5, 5.41) is 1.25. The third kappa shape index (κ3) is 3.50. The smallest absolute Gasteiger partial charge is 0.0948 e. The van der Waals surface area contributed by atoms with Gasteiger partial charge in [0.15, 0.2) is 0 Å². The van der Waals surface area contributed by atoms with Crippen LogP contribution in [0.15, 0.2) is 36.9 Å². The van der Waals surface area contributed by atoms with E-state index in [1.165, 1.54) is 0 Å². The van der Waals surface area contributed by atoms with Crippen molar-refractivity contribution in [3.8, 4) is 0 Å². The van der Waals surface area contributed by atoms with Crippen LogP contribution in [0.1, 0.15) is 37.4 Å². The van der Waals surface area contributed by atoms with Gasteiger partial charge in [-0.3, -0.25) is 0 Å². The minimum Gasteiger partial charge on any atom is -0.334 e. The molecule has 0 saturated carbocycles. The second kappa shape index (κ2) is 6.42. The first-order valence-corrected chi connectivity index (χ1v) is 7.05. The molecule has 2 unspecified atom stereocenters. The number of halogens is 2. The average molecular weight is 298 g/mol. The molecular weight excluding hydrogens is 281 g/mol. The van der Waals surface area contributed by atoms with Crippen LogP contribution in [0.5, 0.6) is 0 Å². The van der Waals surface area contributed by atoms with Gasteiger partial charge in [-0.15, -0.1) is 0 Å². The molecule has 3 nitrogen and oxygen atoms in total. The molecule has 5 heteroatoms. The van der Waals surface area contributed by atoms with Crippen LogP contribution in [-0.4, -0.2) is 9.55 Å². The van der Waals surface area contributed by atoms with E-state index in [1.807, 2.05) is 24.7 Å². The van der Waals surface area contributed by atoms with Crippen LogP contribution in [0.3, 0.4) is 0 Å². The number of hydrogen-bond acceptors (Lipinski definition) is 2. The Balaban J connectivity index is 2.13. The van der Waals surface area contributed by atoms with E-state index in [1.54, 1.807) is 12.3 Å². The van der Waals surface area contributed by atoms with Crippen LogP contribution < -0.4 is 5.73 Å². The van der Waals surface area contributed by atoms with Gasteiger partial charge in [0.1, 0.15) is 0 Å². The van der Waals surface area contributed by atoms with Crippen LogP contribution >= 0.6 is 23.2 Å². The first-order chi connectivity index (χ1) is 9.11. The zero-order valence-corrected chi connectivity index (χ0v) is 12.3. The van der Waals surface area contributed by atoms with Gasteiger partial charge in [0.25, 0.3) is 0 Å². The van der Waals surface area contributed by atoms with Gasteiger partial charge in [-0.2, -0.15) is 0 Å². The van der Waals surface area contributed by atoms with Crippen molar-refractivity contribution in [2.45, 2.75) is 31.8 Å². The van der Waals surface area contributed by atoms with E-state index in [0.29, 0.717) is 16.1 Å². The predicted octanol–water partition coefficient (Wildman–Crippen LogP) is 4.23. The van der Waals surface area contributed by atoms with E-state index in [0.717, 1.165) is 18.4 Å². The van der Waals surface area contributed by atoms with E-state index in [4.69, 9.17) is 28.9 Å². The molecule has 2 aromatic rings. The summed E-state index contributed by atoms with van der Waals surface area (Å²) in [6, 6.07) is 5.66. The summed E-state index contributed by atoms with van der Waals surface area (Å²) in [6.07, 6.45) is 7.38. The fourth-order valence-electron chi connectivity index (χ4n) is 2.21. The van der Waals surface area contributed by atoms with Crippen LogP contribution in [-0.2, 0) is 0 Å². The molecule has 0 aliphatic carbocycles. The van der Waals surface area contributed by atoms with E-state index in [-0.39, 0.29) is 6.04 Å². The molecular formula is C14H17Cl2N3. The largest absolute Gasteiger partial charge is 0.334 e. The standard InChI is InChI=1S/C14H17Cl2N3/c1-2-11(19-6-5-18-9-19)8-14(17)12-4-3-10(15)7-13(12)16/h3-7,9,11,14H,2,8,17H2,1H3. The molecule has 0 bridgehead atoms. The van der Waals surface area contributed by atoms with Gasteiger partial charge in [-0.05, 0) is 30.5 Å². The molecule has 102 valence electrons. The maximum Gasteiger partial charge on any atom is 0.0948 e. The van der Waals surface area contributed by atoms with Crippen LogP contribution in [0, 0.1) is 0 Å². The highest BCUT2D eigenvalue weighted by Gasteiger charge is 2.17. The number of rotatable bonds is 5. The lowest BCUT2D eigenvalue weighted by Crippen LogP contribution is -2.17. The normalized spacial score (nSPS) is 14.3. The lowest BCUT2D eigenvalue weighted by atomic mass is 9.98. The Bertz CT molecular complexity index is 525. The van der Waals surface area contributed by atoms with Gasteiger partial charge in [-0.25, -0.2) is 4.98 Å². The zero-order chi connectivity index (χ0) is 13.8. The minimum absolute atomic E-state index is 0.114. The maximum absolute atomic E-state index is 6.27. The number of benzene rings is 1. The summed E-state index contributed by atoms with van der Waals surface area (Å²) < 4.78 is 2.09. The zero-order valence-electron chi connectivity index (χ0n) is 10.8. The topological polar surface area (TPSA) is 43.8 Å². The van der Waals surface area contributed by atoms with Crippen molar-refractivity contribution in [3.63, 3.8) is 0 Å². The minimum atomic E-state index is -0.114. The molecule has 2 atom stereocenters. The number of aromatic nitrogens is 2. The van der Waals surface area contributed by atoms with Crippen molar-refractivity contribution in [1.82, 2.24) is 9.55 Å². The highest BCUT2D eigenvalue weighted by Crippen LogP contribution is 2.30. The van der Waals surface area contributed by atoms with Crippen molar-refractivity contribution in [2.24, 2.45) is 5.73 Å². The van der Waals surface area contributed by atoms with Gasteiger partial charge in [0.2, 0.25) is 0 Å². The summed E-state index contributed by atoms with van der Waals surface area (Å²) in [4.78, 5) is 4.08. The maximum atomic E-state index is 6.27. The Labute approximate surface area is 123 Å². The first-order valence-electron chi connectivity index (χ1n) is 6.29. The third-order valence-corrected chi connectivity index (χ3v) is 3.87. The van der Waals surface area contributed by atoms with Crippen LogP contribution in [0.25, 0.3) is 0 Å². The second-order valence-corrected chi connectivity index (χ2v) is 5.42. The Kier molecular flexibility index (Phi) is 4.86. The molecule has 0 amide bonds. The fraction of sp³-hybridized carbons (Fsp3) is 0.357. The van der Waals surface area contributed by atoms with E-state index >= 15 is 0 Å². The quantitative estimate of drug-likeness (QED) is 0.897. The Hall–Kier alpha value is -1.03. The molecule has 1 aromatic carbocycles. The lowest BCUT2D eigenvalue weighted by Gasteiger charge is -2.22. The third-order valence-electron chi connectivity index (χ3n) is 3.31. The van der Waals surface area contributed by atoms with Gasteiger partial charge < -0.3 is 10.3 Å². The fourth-order valence-corrected chi connectivity index (χ4v) is 2.76. The molecule has 1 aromatic heterocycles. The predicted molar refractivity (Wildman–Crippen MR) is 79.6 cm³/mol. The van der Waals surface area contributed by atoms with Crippen LogP contribution in [0.4, 0.5) is 0 Å². The first kappa shape index (κ1) is 14.4. The number of hydrogen-bond donors (Lipinski definition) is 1.